The van der Waals surface area contributed by atoms with Gasteiger partial charge in [0.2, 0.25) is 0 Å². The Hall–Kier alpha value is -3.25. The average Bonchev–Trinajstić information content (AvgIpc) is 2.77. The Bertz CT molecular complexity index is 1010. The molecule has 0 aliphatic heterocycles. The molecule has 162 valence electrons. The number of carbonyl (C=O) groups is 1. The Kier molecular flexibility index (Phi) is 8.12. The molecule has 7 heteroatoms. The number of anilines is 2. The molecule has 1 aromatic heterocycles. The van der Waals surface area contributed by atoms with Crippen LogP contribution in [0, 0.1) is 0 Å². The Morgan fingerprint density at radius 2 is 1.74 bits per heavy atom. The van der Waals surface area contributed by atoms with E-state index in [9.17, 15) is 4.79 Å². The van der Waals surface area contributed by atoms with Crippen LogP contribution in [-0.2, 0) is 6.42 Å². The number of halogens is 1. The van der Waals surface area contributed by atoms with E-state index in [0.29, 0.717) is 41.8 Å². The van der Waals surface area contributed by atoms with Gasteiger partial charge in [-0.3, -0.25) is 4.79 Å². The molecule has 0 spiro atoms. The fraction of sp³-hybridized carbons (Fsp3) is 0.250. The molecule has 31 heavy (non-hydrogen) atoms. The van der Waals surface area contributed by atoms with E-state index in [2.05, 4.69) is 15.6 Å². The molecule has 2 N–H and O–H groups in total. The lowest BCUT2D eigenvalue weighted by atomic mass is 10.1. The van der Waals surface area contributed by atoms with Crippen molar-refractivity contribution >= 4 is 29.0 Å². The van der Waals surface area contributed by atoms with E-state index < -0.39 is 0 Å². The van der Waals surface area contributed by atoms with E-state index >= 15 is 0 Å². The van der Waals surface area contributed by atoms with Gasteiger partial charge in [0.05, 0.1) is 18.8 Å². The highest BCUT2D eigenvalue weighted by atomic mass is 35.5. The lowest BCUT2D eigenvalue weighted by Crippen LogP contribution is -2.16. The molecule has 0 radical (unpaired) electrons. The molecule has 3 rings (SSSR count). The number of rotatable bonds is 10. The molecule has 0 atom stereocenters. The van der Waals surface area contributed by atoms with Gasteiger partial charge in [-0.2, -0.15) is 0 Å². The summed E-state index contributed by atoms with van der Waals surface area (Å²) in [5.41, 5.74) is 2.24. The first-order valence-corrected chi connectivity index (χ1v) is 10.6. The van der Waals surface area contributed by atoms with Crippen molar-refractivity contribution in [2.45, 2.75) is 20.3 Å². The molecule has 0 unspecified atom stereocenters. The highest BCUT2D eigenvalue weighted by molar-refractivity contribution is 6.30. The van der Waals surface area contributed by atoms with E-state index in [1.807, 2.05) is 32.0 Å². The second kappa shape index (κ2) is 11.2. The smallest absolute Gasteiger partial charge is 0.259 e. The average molecular weight is 440 g/mol. The molecular formula is C24H26ClN3O3. The first-order chi connectivity index (χ1) is 15.1. The van der Waals surface area contributed by atoms with Gasteiger partial charge in [-0.15, -0.1) is 0 Å². The zero-order valence-electron chi connectivity index (χ0n) is 17.7. The summed E-state index contributed by atoms with van der Waals surface area (Å²) in [7, 11) is 0. The highest BCUT2D eigenvalue weighted by Crippen LogP contribution is 2.28. The maximum Gasteiger partial charge on any atom is 0.259 e. The summed E-state index contributed by atoms with van der Waals surface area (Å²) < 4.78 is 11.3. The van der Waals surface area contributed by atoms with Crippen LogP contribution in [0.1, 0.15) is 29.8 Å². The molecule has 1 amide bonds. The summed E-state index contributed by atoms with van der Waals surface area (Å²) in [6.45, 7) is 5.66. The zero-order chi connectivity index (χ0) is 22.1. The van der Waals surface area contributed by atoms with E-state index in [0.717, 1.165) is 23.5 Å². The predicted molar refractivity (Wildman–Crippen MR) is 125 cm³/mol. The largest absolute Gasteiger partial charge is 0.490 e. The van der Waals surface area contributed by atoms with Gasteiger partial charge >= 0.3 is 0 Å². The van der Waals surface area contributed by atoms with E-state index in [-0.39, 0.29) is 5.91 Å². The Morgan fingerprint density at radius 3 is 2.48 bits per heavy atom. The first-order valence-electron chi connectivity index (χ1n) is 10.2. The minimum Gasteiger partial charge on any atom is -0.490 e. The molecule has 0 fully saturated rings. The van der Waals surface area contributed by atoms with Crippen molar-refractivity contribution < 1.29 is 14.3 Å². The topological polar surface area (TPSA) is 72.5 Å². The summed E-state index contributed by atoms with van der Waals surface area (Å²) in [5.74, 6) is 1.78. The van der Waals surface area contributed by atoms with Crippen molar-refractivity contribution in [3.8, 4) is 11.5 Å². The van der Waals surface area contributed by atoms with Crippen molar-refractivity contribution in [2.24, 2.45) is 0 Å². The van der Waals surface area contributed by atoms with Crippen LogP contribution in [0.3, 0.4) is 0 Å². The van der Waals surface area contributed by atoms with Crippen molar-refractivity contribution in [2.75, 3.05) is 30.4 Å². The lowest BCUT2D eigenvalue weighted by molar-refractivity contribution is 0.102. The summed E-state index contributed by atoms with van der Waals surface area (Å²) in [4.78, 5) is 17.0. The summed E-state index contributed by atoms with van der Waals surface area (Å²) in [5, 5.41) is 6.74. The van der Waals surface area contributed by atoms with Gasteiger partial charge in [-0.1, -0.05) is 17.7 Å². The van der Waals surface area contributed by atoms with Crippen LogP contribution in [-0.4, -0.2) is 30.6 Å². The summed E-state index contributed by atoms with van der Waals surface area (Å²) in [6, 6.07) is 16.4. The zero-order valence-corrected chi connectivity index (χ0v) is 18.4. The minimum atomic E-state index is -0.238. The quantitative estimate of drug-likeness (QED) is 0.440. The number of hydrogen-bond acceptors (Lipinski definition) is 5. The van der Waals surface area contributed by atoms with E-state index in [1.165, 1.54) is 0 Å². The van der Waals surface area contributed by atoms with Gasteiger partial charge in [0, 0.05) is 23.5 Å². The number of nitrogens with zero attached hydrogens (tertiary/aromatic N) is 1. The number of ether oxygens (including phenoxy) is 2. The molecule has 0 aliphatic carbocycles. The standard InChI is InChI=1S/C24H26ClN3O3/c1-3-30-21-12-7-17(16-22(21)31-4-2)13-15-27-23-20(6-5-14-26-23)24(29)28-19-10-8-18(25)9-11-19/h5-12,14,16H,3-4,13,15H2,1-2H3,(H,26,27)(H,28,29). The maximum absolute atomic E-state index is 12.7. The van der Waals surface area contributed by atoms with Gasteiger partial charge in [0.15, 0.2) is 11.5 Å². The van der Waals surface area contributed by atoms with Gasteiger partial charge < -0.3 is 20.1 Å². The van der Waals surface area contributed by atoms with Crippen LogP contribution in [0.15, 0.2) is 60.8 Å². The summed E-state index contributed by atoms with van der Waals surface area (Å²) >= 11 is 5.90. The van der Waals surface area contributed by atoms with Crippen LogP contribution < -0.4 is 20.1 Å². The fourth-order valence-corrected chi connectivity index (χ4v) is 3.16. The van der Waals surface area contributed by atoms with E-state index in [1.54, 1.807) is 42.6 Å². The van der Waals surface area contributed by atoms with Crippen molar-refractivity contribution in [1.82, 2.24) is 4.98 Å². The molecule has 2 aromatic carbocycles. The molecule has 6 nitrogen and oxygen atoms in total. The predicted octanol–water partition coefficient (Wildman–Crippen LogP) is 5.44. The normalized spacial score (nSPS) is 10.4. The van der Waals surface area contributed by atoms with Crippen LogP contribution in [0.4, 0.5) is 11.5 Å². The Labute approximate surface area is 187 Å². The molecule has 3 aromatic rings. The number of carbonyl (C=O) groups excluding carboxylic acids is 1. The van der Waals surface area contributed by atoms with Crippen molar-refractivity contribution in [1.29, 1.82) is 0 Å². The molecule has 0 aliphatic rings. The third kappa shape index (κ3) is 6.36. The Balaban J connectivity index is 1.64. The third-order valence-electron chi connectivity index (χ3n) is 4.47. The molecule has 0 saturated carbocycles. The van der Waals surface area contributed by atoms with Crippen LogP contribution >= 0.6 is 11.6 Å². The maximum atomic E-state index is 12.7. The van der Waals surface area contributed by atoms with Gasteiger partial charge in [0.25, 0.3) is 5.91 Å². The molecular weight excluding hydrogens is 414 g/mol. The molecule has 0 saturated heterocycles. The fourth-order valence-electron chi connectivity index (χ4n) is 3.04. The van der Waals surface area contributed by atoms with Gasteiger partial charge in [0.1, 0.15) is 5.82 Å². The minimum absolute atomic E-state index is 0.238. The Morgan fingerprint density at radius 1 is 1.00 bits per heavy atom. The lowest BCUT2D eigenvalue weighted by Gasteiger charge is -2.14. The molecule has 0 bridgehead atoms. The second-order valence-corrected chi connectivity index (χ2v) is 7.12. The van der Waals surface area contributed by atoms with Crippen LogP contribution in [0.2, 0.25) is 5.02 Å². The summed E-state index contributed by atoms with van der Waals surface area (Å²) in [6.07, 6.45) is 2.40. The molecule has 1 heterocycles. The van der Waals surface area contributed by atoms with Crippen molar-refractivity contribution in [3.63, 3.8) is 0 Å². The van der Waals surface area contributed by atoms with Gasteiger partial charge in [-0.25, -0.2) is 4.98 Å². The third-order valence-corrected chi connectivity index (χ3v) is 4.72. The first kappa shape index (κ1) is 22.4. The van der Waals surface area contributed by atoms with Crippen LogP contribution in [0.5, 0.6) is 11.5 Å². The monoisotopic (exact) mass is 439 g/mol. The SMILES string of the molecule is CCOc1ccc(CCNc2ncccc2C(=O)Nc2ccc(Cl)cc2)cc1OCC. The number of aromatic nitrogens is 1. The number of nitrogens with one attached hydrogen (secondary N) is 2. The second-order valence-electron chi connectivity index (χ2n) is 6.68. The van der Waals surface area contributed by atoms with E-state index in [4.69, 9.17) is 21.1 Å². The number of amides is 1. The van der Waals surface area contributed by atoms with Gasteiger partial charge in [-0.05, 0) is 74.4 Å². The number of pyridine rings is 1. The number of hydrogen-bond donors (Lipinski definition) is 2. The van der Waals surface area contributed by atoms with Crippen molar-refractivity contribution in [3.05, 3.63) is 76.9 Å². The highest BCUT2D eigenvalue weighted by Gasteiger charge is 2.13. The number of benzene rings is 2. The van der Waals surface area contributed by atoms with Crippen LogP contribution in [0.25, 0.3) is 0 Å².